The zero-order chi connectivity index (χ0) is 21.7. The van der Waals surface area contributed by atoms with Gasteiger partial charge < -0.3 is 9.64 Å². The molecular weight excluding hydrogens is 394 g/mol. The predicted molar refractivity (Wildman–Crippen MR) is 128 cm³/mol. The Hall–Kier alpha value is -2.17. The summed E-state index contributed by atoms with van der Waals surface area (Å²) in [6.07, 6.45) is 17.7. The fourth-order valence-electron chi connectivity index (χ4n) is 7.96. The Balaban J connectivity index is 1.29. The molecule has 5 aliphatic rings. The summed E-state index contributed by atoms with van der Waals surface area (Å²) in [6.45, 7) is 2.49. The minimum atomic E-state index is -0.110. The molecule has 1 aromatic carbocycles. The Bertz CT molecular complexity index is 1220. The van der Waals surface area contributed by atoms with Crippen molar-refractivity contribution in [3.8, 4) is 0 Å². The van der Waals surface area contributed by atoms with E-state index in [1.165, 1.54) is 47.8 Å². The van der Waals surface area contributed by atoms with Gasteiger partial charge in [0.05, 0.1) is 22.9 Å². The molecule has 5 atom stereocenters. The molecule has 2 spiro atoms. The second-order valence-electron chi connectivity index (χ2n) is 11.4. The van der Waals surface area contributed by atoms with Crippen LogP contribution in [0.3, 0.4) is 0 Å². The number of allylic oxidation sites excluding steroid dienone is 3. The topological polar surface area (TPSA) is 41.2 Å². The fourth-order valence-corrected chi connectivity index (χ4v) is 7.96. The van der Waals surface area contributed by atoms with Gasteiger partial charge in [0.15, 0.2) is 0 Å². The molecule has 1 saturated heterocycles. The van der Waals surface area contributed by atoms with E-state index in [1.54, 1.807) is 5.57 Å². The van der Waals surface area contributed by atoms with Gasteiger partial charge in [-0.2, -0.15) is 5.10 Å². The van der Waals surface area contributed by atoms with Crippen LogP contribution in [0.1, 0.15) is 57.4 Å². The average Bonchev–Trinajstić information content (AvgIpc) is 3.47. The first kappa shape index (κ1) is 19.3. The van der Waals surface area contributed by atoms with Crippen LogP contribution in [0.4, 0.5) is 0 Å². The van der Waals surface area contributed by atoms with E-state index >= 15 is 0 Å². The maximum Gasteiger partial charge on any atom is 0.0980 e. The van der Waals surface area contributed by atoms with Crippen LogP contribution >= 0.6 is 0 Å². The van der Waals surface area contributed by atoms with Gasteiger partial charge in [0.2, 0.25) is 0 Å². The van der Waals surface area contributed by atoms with Crippen LogP contribution in [0.25, 0.3) is 16.5 Å². The number of nitrogens with one attached hydrogen (secondary N) is 1. The van der Waals surface area contributed by atoms with Crippen LogP contribution in [0, 0.1) is 11.3 Å². The molecule has 1 aromatic heterocycles. The molecule has 4 nitrogen and oxygen atoms in total. The standard InChI is InChI=1S/C28H33N3O/c1-26-11-10-21-15-20-6-7-22(31(2)3)16-27(20)12-13-28(21,32-27)25(26)9-8-23(26)18-4-5-19-17-29-30-24(19)14-18/h4-5,8,10,14-15,17,22,25H,6-7,9,11-13,16H2,1-3H3,(H,29,30)/t22-,25+,26+,27?,28+/m0/s1. The maximum atomic E-state index is 7.37. The van der Waals surface area contributed by atoms with Crippen molar-refractivity contribution in [2.24, 2.45) is 11.3 Å². The van der Waals surface area contributed by atoms with Gasteiger partial charge in [-0.3, -0.25) is 5.10 Å². The molecule has 32 heavy (non-hydrogen) atoms. The van der Waals surface area contributed by atoms with Crippen LogP contribution < -0.4 is 0 Å². The van der Waals surface area contributed by atoms with Crippen molar-refractivity contribution >= 4 is 16.5 Å². The summed E-state index contributed by atoms with van der Waals surface area (Å²) < 4.78 is 7.37. The van der Waals surface area contributed by atoms with Crippen LogP contribution in [0.2, 0.25) is 0 Å². The van der Waals surface area contributed by atoms with Gasteiger partial charge >= 0.3 is 0 Å². The van der Waals surface area contributed by atoms with Crippen molar-refractivity contribution in [2.75, 3.05) is 14.1 Å². The lowest BCUT2D eigenvalue weighted by Crippen LogP contribution is -2.54. The molecule has 0 radical (unpaired) electrons. The van der Waals surface area contributed by atoms with E-state index in [-0.39, 0.29) is 16.6 Å². The third-order valence-corrected chi connectivity index (χ3v) is 9.73. The molecule has 2 fully saturated rings. The van der Waals surface area contributed by atoms with Crippen LogP contribution in [-0.4, -0.2) is 46.4 Å². The van der Waals surface area contributed by atoms with Gasteiger partial charge in [-0.1, -0.05) is 37.3 Å². The summed E-state index contributed by atoms with van der Waals surface area (Å²) in [5.74, 6) is 0.513. The third kappa shape index (κ3) is 2.32. The van der Waals surface area contributed by atoms with Gasteiger partial charge in [-0.05, 0) is 87.4 Å². The number of benzene rings is 1. The predicted octanol–water partition coefficient (Wildman–Crippen LogP) is 5.64. The molecule has 0 amide bonds. The second-order valence-corrected chi connectivity index (χ2v) is 11.4. The highest BCUT2D eigenvalue weighted by Crippen LogP contribution is 2.67. The monoisotopic (exact) mass is 427 g/mol. The van der Waals surface area contributed by atoms with Gasteiger partial charge in [0.25, 0.3) is 0 Å². The van der Waals surface area contributed by atoms with E-state index < -0.39 is 0 Å². The Morgan fingerprint density at radius 2 is 2.09 bits per heavy atom. The zero-order valence-electron chi connectivity index (χ0n) is 19.4. The second kappa shape index (κ2) is 6.24. The number of fused-ring (bicyclic) bond motifs is 2. The van der Waals surface area contributed by atoms with Crippen LogP contribution in [0.15, 0.2) is 53.8 Å². The van der Waals surface area contributed by atoms with Gasteiger partial charge in [0.1, 0.15) is 0 Å². The molecular formula is C28H33N3O. The molecule has 3 heterocycles. The van der Waals surface area contributed by atoms with E-state index in [1.807, 2.05) is 6.20 Å². The average molecular weight is 428 g/mol. The van der Waals surface area contributed by atoms with Crippen LogP contribution in [-0.2, 0) is 4.74 Å². The van der Waals surface area contributed by atoms with Gasteiger partial charge in [-0.25, -0.2) is 0 Å². The number of hydrogen-bond donors (Lipinski definition) is 1. The first-order chi connectivity index (χ1) is 15.4. The van der Waals surface area contributed by atoms with Crippen molar-refractivity contribution in [3.63, 3.8) is 0 Å². The van der Waals surface area contributed by atoms with Gasteiger partial charge in [-0.15, -0.1) is 0 Å². The summed E-state index contributed by atoms with van der Waals surface area (Å²) in [6, 6.07) is 7.40. The minimum Gasteiger partial charge on any atom is -0.359 e. The minimum absolute atomic E-state index is 0.0274. The Kier molecular flexibility index (Phi) is 3.76. The van der Waals surface area contributed by atoms with Crippen molar-refractivity contribution < 1.29 is 4.74 Å². The number of hydrogen-bond acceptors (Lipinski definition) is 3. The number of nitrogens with zero attached hydrogens (tertiary/aromatic N) is 2. The van der Waals surface area contributed by atoms with E-state index in [9.17, 15) is 0 Å². The molecule has 1 saturated carbocycles. The highest BCUT2D eigenvalue weighted by Gasteiger charge is 2.65. The number of aromatic amines is 1. The molecule has 1 N–H and O–H groups in total. The molecule has 1 unspecified atom stereocenters. The summed E-state index contributed by atoms with van der Waals surface area (Å²) in [5, 5.41) is 8.56. The summed E-state index contributed by atoms with van der Waals surface area (Å²) in [4.78, 5) is 2.41. The van der Waals surface area contributed by atoms with Crippen LogP contribution in [0.5, 0.6) is 0 Å². The largest absolute Gasteiger partial charge is 0.359 e. The first-order valence-electron chi connectivity index (χ1n) is 12.4. The molecule has 166 valence electrons. The molecule has 2 aliphatic heterocycles. The zero-order valence-corrected chi connectivity index (χ0v) is 19.4. The molecule has 3 aliphatic carbocycles. The number of ether oxygens (including phenoxy) is 1. The van der Waals surface area contributed by atoms with Crippen molar-refractivity contribution in [2.45, 2.75) is 69.1 Å². The van der Waals surface area contributed by atoms with Gasteiger partial charge in [0, 0.05) is 22.8 Å². The molecule has 2 bridgehead atoms. The first-order valence-corrected chi connectivity index (χ1v) is 12.4. The fraction of sp³-hybridized carbons (Fsp3) is 0.536. The lowest BCUT2D eigenvalue weighted by atomic mass is 9.58. The Labute approximate surface area is 190 Å². The normalized spacial score (nSPS) is 39.9. The quantitative estimate of drug-likeness (QED) is 0.674. The Morgan fingerprint density at radius 1 is 1.19 bits per heavy atom. The highest BCUT2D eigenvalue weighted by molar-refractivity contribution is 5.84. The smallest absolute Gasteiger partial charge is 0.0980 e. The number of H-pyrrole nitrogens is 1. The van der Waals surface area contributed by atoms with Crippen molar-refractivity contribution in [1.82, 2.24) is 15.1 Å². The summed E-state index contributed by atoms with van der Waals surface area (Å²) in [7, 11) is 4.46. The Morgan fingerprint density at radius 3 is 2.97 bits per heavy atom. The molecule has 4 heteroatoms. The summed E-state index contributed by atoms with van der Waals surface area (Å²) in [5.41, 5.74) is 7.01. The summed E-state index contributed by atoms with van der Waals surface area (Å²) >= 11 is 0. The highest BCUT2D eigenvalue weighted by atomic mass is 16.5. The molecule has 7 rings (SSSR count). The number of aromatic nitrogens is 2. The lowest BCUT2D eigenvalue weighted by Gasteiger charge is -2.54. The SMILES string of the molecule is CN(C)[C@H]1CCC2=CC3=CC[C@]4(C)C(c5ccc6cn[nH]c6c5)=CC[C@H]4[C@@]34CCC2(C1)O4. The number of rotatable bonds is 2. The van der Waals surface area contributed by atoms with E-state index in [0.717, 1.165) is 24.8 Å². The third-order valence-electron chi connectivity index (χ3n) is 9.73. The van der Waals surface area contributed by atoms with E-state index in [0.29, 0.717) is 12.0 Å². The van der Waals surface area contributed by atoms with E-state index in [4.69, 9.17) is 4.74 Å². The molecule has 2 aromatic rings. The van der Waals surface area contributed by atoms with Crippen molar-refractivity contribution in [1.29, 1.82) is 0 Å². The maximum absolute atomic E-state index is 7.37. The van der Waals surface area contributed by atoms with Crippen molar-refractivity contribution in [3.05, 3.63) is 59.3 Å². The van der Waals surface area contributed by atoms with E-state index in [2.05, 4.69) is 72.5 Å². The lowest BCUT2D eigenvalue weighted by molar-refractivity contribution is -0.134.